The summed E-state index contributed by atoms with van der Waals surface area (Å²) in [6.45, 7) is 0. The van der Waals surface area contributed by atoms with Crippen molar-refractivity contribution < 1.29 is 4.92 Å². The van der Waals surface area contributed by atoms with Crippen LogP contribution in [0.4, 0.5) is 11.4 Å². The number of nitro groups is 1. The Kier molecular flexibility index (Phi) is 4.09. The molecule has 1 aromatic carbocycles. The molecule has 1 aliphatic rings. The topological polar surface area (TPSA) is 67.2 Å². The van der Waals surface area contributed by atoms with Crippen LogP contribution < -0.4 is 10.6 Å². The molecule has 2 N–H and O–H groups in total. The lowest BCUT2D eigenvalue weighted by Crippen LogP contribution is -2.35. The minimum absolute atomic E-state index is 0.0789. The zero-order chi connectivity index (χ0) is 13.0. The SMILES string of the molecule is O=[N+]([O-])c1ccc(NC(=S)NC2CCCC2)cc1. The maximum atomic E-state index is 10.5. The van der Waals surface area contributed by atoms with Gasteiger partial charge in [0.1, 0.15) is 0 Å². The van der Waals surface area contributed by atoms with Gasteiger partial charge in [0.2, 0.25) is 0 Å². The molecule has 0 atom stereocenters. The van der Waals surface area contributed by atoms with E-state index in [-0.39, 0.29) is 5.69 Å². The first-order valence-corrected chi connectivity index (χ1v) is 6.38. The molecule has 0 radical (unpaired) electrons. The highest BCUT2D eigenvalue weighted by atomic mass is 32.1. The van der Waals surface area contributed by atoms with E-state index in [1.54, 1.807) is 12.1 Å². The van der Waals surface area contributed by atoms with Gasteiger partial charge in [-0.2, -0.15) is 0 Å². The number of nitrogens with zero attached hydrogens (tertiary/aromatic N) is 1. The van der Waals surface area contributed by atoms with Crippen LogP contribution in [-0.2, 0) is 0 Å². The zero-order valence-electron chi connectivity index (χ0n) is 9.89. The molecular weight excluding hydrogens is 250 g/mol. The van der Waals surface area contributed by atoms with E-state index >= 15 is 0 Å². The van der Waals surface area contributed by atoms with Gasteiger partial charge >= 0.3 is 0 Å². The average Bonchev–Trinajstić information content (AvgIpc) is 2.82. The first kappa shape index (κ1) is 12.8. The summed E-state index contributed by atoms with van der Waals surface area (Å²) in [6.07, 6.45) is 4.81. The van der Waals surface area contributed by atoms with Gasteiger partial charge in [0, 0.05) is 23.9 Å². The number of benzene rings is 1. The van der Waals surface area contributed by atoms with Gasteiger partial charge in [-0.3, -0.25) is 10.1 Å². The Balaban J connectivity index is 1.88. The number of hydrogen-bond donors (Lipinski definition) is 2. The molecule has 0 amide bonds. The van der Waals surface area contributed by atoms with Crippen molar-refractivity contribution in [1.29, 1.82) is 0 Å². The summed E-state index contributed by atoms with van der Waals surface area (Å²) >= 11 is 5.20. The Morgan fingerprint density at radius 1 is 1.28 bits per heavy atom. The van der Waals surface area contributed by atoms with Crippen LogP contribution in [0.15, 0.2) is 24.3 Å². The maximum absolute atomic E-state index is 10.5. The van der Waals surface area contributed by atoms with Gasteiger partial charge in [-0.25, -0.2) is 0 Å². The standard InChI is InChI=1S/C12H15N3O2S/c16-15(17)11-7-5-10(6-8-11)14-12(18)13-9-3-1-2-4-9/h5-9H,1-4H2,(H2,13,14,18). The van der Waals surface area contributed by atoms with Crippen molar-refractivity contribution in [3.63, 3.8) is 0 Å². The molecule has 6 heteroatoms. The average molecular weight is 265 g/mol. The van der Waals surface area contributed by atoms with Crippen LogP contribution in [0.1, 0.15) is 25.7 Å². The normalized spacial score (nSPS) is 15.3. The minimum atomic E-state index is -0.418. The number of anilines is 1. The van der Waals surface area contributed by atoms with E-state index < -0.39 is 4.92 Å². The second-order valence-electron chi connectivity index (χ2n) is 4.38. The lowest BCUT2D eigenvalue weighted by molar-refractivity contribution is -0.384. The number of nitrogens with one attached hydrogen (secondary N) is 2. The second kappa shape index (κ2) is 5.77. The highest BCUT2D eigenvalue weighted by Gasteiger charge is 2.15. The van der Waals surface area contributed by atoms with Crippen LogP contribution >= 0.6 is 12.2 Å². The zero-order valence-corrected chi connectivity index (χ0v) is 10.7. The van der Waals surface area contributed by atoms with Gasteiger partial charge in [0.15, 0.2) is 5.11 Å². The maximum Gasteiger partial charge on any atom is 0.269 e. The van der Waals surface area contributed by atoms with Crippen LogP contribution in [0.2, 0.25) is 0 Å². The van der Waals surface area contributed by atoms with E-state index in [1.165, 1.54) is 25.0 Å². The fourth-order valence-electron chi connectivity index (χ4n) is 2.09. The van der Waals surface area contributed by atoms with Crippen molar-refractivity contribution in [3.05, 3.63) is 34.4 Å². The number of non-ortho nitro benzene ring substituents is 1. The van der Waals surface area contributed by atoms with Crippen LogP contribution in [0.3, 0.4) is 0 Å². The summed E-state index contributed by atoms with van der Waals surface area (Å²) in [4.78, 5) is 10.1. The second-order valence-corrected chi connectivity index (χ2v) is 4.79. The highest BCUT2D eigenvalue weighted by molar-refractivity contribution is 7.80. The van der Waals surface area contributed by atoms with Crippen molar-refractivity contribution in [3.8, 4) is 0 Å². The molecule has 1 aliphatic carbocycles. The molecular formula is C12H15N3O2S. The Bertz CT molecular complexity index is 441. The Hall–Kier alpha value is -1.69. The fraction of sp³-hybridized carbons (Fsp3) is 0.417. The van der Waals surface area contributed by atoms with Gasteiger partial charge in [-0.1, -0.05) is 12.8 Å². The Labute approximate surface area is 111 Å². The van der Waals surface area contributed by atoms with Crippen molar-refractivity contribution in [1.82, 2.24) is 5.32 Å². The van der Waals surface area contributed by atoms with Gasteiger partial charge in [0.05, 0.1) is 4.92 Å². The lowest BCUT2D eigenvalue weighted by atomic mass is 10.2. The summed E-state index contributed by atoms with van der Waals surface area (Å²) in [6, 6.07) is 6.69. The molecule has 0 aromatic heterocycles. The molecule has 0 heterocycles. The molecule has 96 valence electrons. The van der Waals surface area contributed by atoms with Gasteiger partial charge in [-0.05, 0) is 37.2 Å². The van der Waals surface area contributed by atoms with E-state index in [4.69, 9.17) is 12.2 Å². The molecule has 5 nitrogen and oxygen atoms in total. The third kappa shape index (κ3) is 3.40. The summed E-state index contributed by atoms with van der Waals surface area (Å²) in [5.41, 5.74) is 0.839. The van der Waals surface area contributed by atoms with E-state index in [1.807, 2.05) is 0 Å². The van der Waals surface area contributed by atoms with Gasteiger partial charge in [0.25, 0.3) is 5.69 Å². The third-order valence-corrected chi connectivity index (χ3v) is 3.25. The van der Waals surface area contributed by atoms with E-state index in [0.717, 1.165) is 18.5 Å². The van der Waals surface area contributed by atoms with Crippen LogP contribution in [-0.4, -0.2) is 16.1 Å². The number of nitro benzene ring substituents is 1. The van der Waals surface area contributed by atoms with E-state index in [0.29, 0.717) is 11.2 Å². The number of rotatable bonds is 3. The largest absolute Gasteiger partial charge is 0.360 e. The van der Waals surface area contributed by atoms with E-state index in [2.05, 4.69) is 10.6 Å². The number of hydrogen-bond acceptors (Lipinski definition) is 3. The van der Waals surface area contributed by atoms with Crippen molar-refractivity contribution in [2.45, 2.75) is 31.7 Å². The van der Waals surface area contributed by atoms with Gasteiger partial charge < -0.3 is 10.6 Å². The summed E-state index contributed by atoms with van der Waals surface area (Å²) in [5, 5.41) is 17.4. The molecule has 1 fully saturated rings. The predicted molar refractivity (Wildman–Crippen MR) is 74.7 cm³/mol. The summed E-state index contributed by atoms with van der Waals surface area (Å²) < 4.78 is 0. The Morgan fingerprint density at radius 2 is 1.89 bits per heavy atom. The molecule has 0 saturated heterocycles. The quantitative estimate of drug-likeness (QED) is 0.500. The first-order valence-electron chi connectivity index (χ1n) is 5.97. The highest BCUT2D eigenvalue weighted by Crippen LogP contribution is 2.18. The molecule has 2 rings (SSSR count). The van der Waals surface area contributed by atoms with Crippen LogP contribution in [0.25, 0.3) is 0 Å². The molecule has 1 aromatic rings. The number of thiocarbonyl (C=S) groups is 1. The molecule has 0 aliphatic heterocycles. The molecule has 0 spiro atoms. The first-order chi connectivity index (χ1) is 8.65. The van der Waals surface area contributed by atoms with E-state index in [9.17, 15) is 10.1 Å². The van der Waals surface area contributed by atoms with Crippen LogP contribution in [0, 0.1) is 10.1 Å². The van der Waals surface area contributed by atoms with Crippen LogP contribution in [0.5, 0.6) is 0 Å². The van der Waals surface area contributed by atoms with Crippen molar-refractivity contribution >= 4 is 28.7 Å². The van der Waals surface area contributed by atoms with Crippen molar-refractivity contribution in [2.75, 3.05) is 5.32 Å². The minimum Gasteiger partial charge on any atom is -0.360 e. The van der Waals surface area contributed by atoms with Gasteiger partial charge in [-0.15, -0.1) is 0 Å². The smallest absolute Gasteiger partial charge is 0.269 e. The monoisotopic (exact) mass is 265 g/mol. The summed E-state index contributed by atoms with van der Waals surface area (Å²) in [5.74, 6) is 0. The summed E-state index contributed by atoms with van der Waals surface area (Å²) in [7, 11) is 0. The van der Waals surface area contributed by atoms with Crippen molar-refractivity contribution in [2.24, 2.45) is 0 Å². The molecule has 0 unspecified atom stereocenters. The Morgan fingerprint density at radius 3 is 2.44 bits per heavy atom. The molecule has 0 bridgehead atoms. The molecule has 18 heavy (non-hydrogen) atoms. The fourth-order valence-corrected chi connectivity index (χ4v) is 2.37. The lowest BCUT2D eigenvalue weighted by Gasteiger charge is -2.15. The third-order valence-electron chi connectivity index (χ3n) is 3.03. The molecule has 1 saturated carbocycles. The predicted octanol–water partition coefficient (Wildman–Crippen LogP) is 2.82.